The molecule has 0 bridgehead atoms. The van der Waals surface area contributed by atoms with Crippen molar-refractivity contribution in [1.29, 1.82) is 0 Å². The number of anilines is 2. The zero-order valence-electron chi connectivity index (χ0n) is 13.9. The summed E-state index contributed by atoms with van der Waals surface area (Å²) < 4.78 is 0. The lowest BCUT2D eigenvalue weighted by atomic mass is 10.1. The van der Waals surface area contributed by atoms with E-state index in [2.05, 4.69) is 25.9 Å². The van der Waals surface area contributed by atoms with Crippen LogP contribution in [0.4, 0.5) is 11.6 Å². The van der Waals surface area contributed by atoms with Crippen LogP contribution in [0.25, 0.3) is 0 Å². The highest BCUT2D eigenvalue weighted by atomic mass is 16.1. The molecule has 3 N–H and O–H groups in total. The molecular formula is C15H27N5O. The molecule has 1 rings (SSSR count). The molecule has 21 heavy (non-hydrogen) atoms. The summed E-state index contributed by atoms with van der Waals surface area (Å²) in [5.41, 5.74) is 0.773. The molecule has 0 unspecified atom stereocenters. The van der Waals surface area contributed by atoms with Gasteiger partial charge in [0.15, 0.2) is 0 Å². The first kappa shape index (κ1) is 17.2. The van der Waals surface area contributed by atoms with Gasteiger partial charge in [-0.15, -0.1) is 0 Å². The number of hydrogen-bond donors (Lipinski definition) is 3. The molecule has 6 heteroatoms. The van der Waals surface area contributed by atoms with Crippen LogP contribution in [0.2, 0.25) is 0 Å². The minimum absolute atomic E-state index is 0.0327. The Labute approximate surface area is 127 Å². The van der Waals surface area contributed by atoms with E-state index < -0.39 is 0 Å². The van der Waals surface area contributed by atoms with Crippen molar-refractivity contribution in [3.63, 3.8) is 0 Å². The molecule has 0 spiro atoms. The van der Waals surface area contributed by atoms with Gasteiger partial charge in [-0.2, -0.15) is 0 Å². The van der Waals surface area contributed by atoms with E-state index in [1.54, 1.807) is 0 Å². The van der Waals surface area contributed by atoms with E-state index >= 15 is 0 Å². The number of aryl methyl sites for hydroxylation is 1. The summed E-state index contributed by atoms with van der Waals surface area (Å²) in [4.78, 5) is 20.5. The number of hydrogen-bond acceptors (Lipinski definition) is 5. The summed E-state index contributed by atoms with van der Waals surface area (Å²) in [5.74, 6) is 2.36. The largest absolute Gasteiger partial charge is 0.370 e. The maximum Gasteiger partial charge on any atom is 0.222 e. The van der Waals surface area contributed by atoms with E-state index in [-0.39, 0.29) is 11.4 Å². The number of nitrogens with zero attached hydrogens (tertiary/aromatic N) is 2. The quantitative estimate of drug-likeness (QED) is 0.749. The maximum absolute atomic E-state index is 11.8. The monoisotopic (exact) mass is 293 g/mol. The first-order valence-corrected chi connectivity index (χ1v) is 7.37. The van der Waals surface area contributed by atoms with Crippen molar-refractivity contribution in [2.75, 3.05) is 23.7 Å². The number of rotatable bonds is 6. The summed E-state index contributed by atoms with van der Waals surface area (Å²) in [5, 5.41) is 9.37. The maximum atomic E-state index is 11.8. The fourth-order valence-electron chi connectivity index (χ4n) is 1.92. The Morgan fingerprint density at radius 3 is 2.19 bits per heavy atom. The van der Waals surface area contributed by atoms with E-state index in [0.29, 0.717) is 18.8 Å². The highest BCUT2D eigenvalue weighted by molar-refractivity contribution is 5.77. The molecule has 0 radical (unpaired) electrons. The van der Waals surface area contributed by atoms with Crippen molar-refractivity contribution in [1.82, 2.24) is 15.3 Å². The second kappa shape index (κ2) is 7.24. The minimum Gasteiger partial charge on any atom is -0.370 e. The van der Waals surface area contributed by atoms with Gasteiger partial charge in [0.2, 0.25) is 5.91 Å². The van der Waals surface area contributed by atoms with Crippen LogP contribution in [-0.2, 0) is 4.79 Å². The fourth-order valence-corrected chi connectivity index (χ4v) is 1.92. The van der Waals surface area contributed by atoms with Gasteiger partial charge in [-0.1, -0.05) is 0 Å². The smallest absolute Gasteiger partial charge is 0.222 e. The molecule has 0 aliphatic carbocycles. The first-order chi connectivity index (χ1) is 9.73. The molecule has 0 aliphatic heterocycles. The third-order valence-corrected chi connectivity index (χ3v) is 2.76. The number of amides is 1. The summed E-state index contributed by atoms with van der Waals surface area (Å²) in [6, 6.07) is 0. The summed E-state index contributed by atoms with van der Waals surface area (Å²) >= 11 is 0. The van der Waals surface area contributed by atoms with E-state index in [0.717, 1.165) is 23.7 Å². The van der Waals surface area contributed by atoms with Crippen molar-refractivity contribution < 1.29 is 4.79 Å². The Morgan fingerprint density at radius 2 is 1.67 bits per heavy atom. The number of aromatic nitrogens is 2. The second-order valence-corrected chi connectivity index (χ2v) is 6.10. The first-order valence-electron chi connectivity index (χ1n) is 7.37. The Bertz CT molecular complexity index is 494. The zero-order valence-corrected chi connectivity index (χ0v) is 13.9. The lowest BCUT2D eigenvalue weighted by Crippen LogP contribution is -2.41. The average molecular weight is 293 g/mol. The summed E-state index contributed by atoms with van der Waals surface area (Å²) in [7, 11) is 0. The van der Waals surface area contributed by atoms with Crippen LogP contribution < -0.4 is 16.0 Å². The van der Waals surface area contributed by atoms with Crippen molar-refractivity contribution in [2.45, 2.75) is 53.5 Å². The molecule has 0 aromatic carbocycles. The lowest BCUT2D eigenvalue weighted by molar-refractivity contribution is -0.122. The molecule has 0 saturated carbocycles. The van der Waals surface area contributed by atoms with Gasteiger partial charge in [-0.3, -0.25) is 4.79 Å². The van der Waals surface area contributed by atoms with E-state index in [1.165, 1.54) is 0 Å². The van der Waals surface area contributed by atoms with Gasteiger partial charge in [0.25, 0.3) is 0 Å². The van der Waals surface area contributed by atoms with Crippen molar-refractivity contribution >= 4 is 17.5 Å². The Hall–Kier alpha value is -1.85. The molecule has 0 aliphatic rings. The van der Waals surface area contributed by atoms with E-state index in [1.807, 2.05) is 41.5 Å². The van der Waals surface area contributed by atoms with Gasteiger partial charge in [-0.05, 0) is 41.5 Å². The van der Waals surface area contributed by atoms with Crippen LogP contribution in [0.5, 0.6) is 0 Å². The third-order valence-electron chi connectivity index (χ3n) is 2.76. The highest BCUT2D eigenvalue weighted by Gasteiger charge is 2.14. The Morgan fingerprint density at radius 1 is 1.10 bits per heavy atom. The molecule has 1 amide bonds. The molecule has 6 nitrogen and oxygen atoms in total. The van der Waals surface area contributed by atoms with Crippen molar-refractivity contribution in [3.05, 3.63) is 11.4 Å². The van der Waals surface area contributed by atoms with Crippen molar-refractivity contribution in [2.24, 2.45) is 0 Å². The molecule has 1 aromatic heterocycles. The van der Waals surface area contributed by atoms with Gasteiger partial charge in [0.05, 0.1) is 0 Å². The molecule has 0 atom stereocenters. The molecule has 1 aromatic rings. The number of carbonyl (C=O) groups excluding carboxylic acids is 1. The lowest BCUT2D eigenvalue weighted by Gasteiger charge is -2.20. The molecule has 1 heterocycles. The standard InChI is InChI=1S/C15H27N5O/c1-7-16-13-10(2)14(19-11(3)18-13)17-9-8-12(21)20-15(4,5)6/h7-9H2,1-6H3,(H,20,21)(H2,16,17,18,19). The van der Waals surface area contributed by atoms with Crippen LogP contribution >= 0.6 is 0 Å². The van der Waals surface area contributed by atoms with Crippen LogP contribution in [0.3, 0.4) is 0 Å². The minimum atomic E-state index is -0.198. The van der Waals surface area contributed by atoms with Gasteiger partial charge < -0.3 is 16.0 Å². The zero-order chi connectivity index (χ0) is 16.0. The van der Waals surface area contributed by atoms with Crippen LogP contribution in [0, 0.1) is 13.8 Å². The predicted octanol–water partition coefficient (Wildman–Crippen LogP) is 2.24. The summed E-state index contributed by atoms with van der Waals surface area (Å²) in [6.07, 6.45) is 0.413. The van der Waals surface area contributed by atoms with E-state index in [4.69, 9.17) is 0 Å². The van der Waals surface area contributed by atoms with Crippen LogP contribution in [0.1, 0.15) is 45.5 Å². The van der Waals surface area contributed by atoms with Crippen LogP contribution in [-0.4, -0.2) is 34.5 Å². The highest BCUT2D eigenvalue weighted by Crippen LogP contribution is 2.19. The number of nitrogens with one attached hydrogen (secondary N) is 3. The third kappa shape index (κ3) is 5.97. The SMILES string of the molecule is CCNc1nc(C)nc(NCCC(=O)NC(C)(C)C)c1C. The van der Waals surface area contributed by atoms with Crippen LogP contribution in [0.15, 0.2) is 0 Å². The average Bonchev–Trinajstić information content (AvgIpc) is 2.32. The van der Waals surface area contributed by atoms with Gasteiger partial charge in [0, 0.05) is 30.6 Å². The van der Waals surface area contributed by atoms with Gasteiger partial charge in [-0.25, -0.2) is 9.97 Å². The molecule has 0 saturated heterocycles. The van der Waals surface area contributed by atoms with Crippen molar-refractivity contribution in [3.8, 4) is 0 Å². The van der Waals surface area contributed by atoms with Gasteiger partial charge >= 0.3 is 0 Å². The fraction of sp³-hybridized carbons (Fsp3) is 0.667. The predicted molar refractivity (Wildman–Crippen MR) is 86.7 cm³/mol. The molecule has 118 valence electrons. The molecule has 0 fully saturated rings. The van der Waals surface area contributed by atoms with Gasteiger partial charge in [0.1, 0.15) is 17.5 Å². The Kier molecular flexibility index (Phi) is 5.93. The van der Waals surface area contributed by atoms with E-state index in [9.17, 15) is 4.79 Å². The summed E-state index contributed by atoms with van der Waals surface area (Å²) in [6.45, 7) is 13.1. The Balaban J connectivity index is 2.61. The molecular weight excluding hydrogens is 266 g/mol. The number of carbonyl (C=O) groups is 1. The topological polar surface area (TPSA) is 78.9 Å². The second-order valence-electron chi connectivity index (χ2n) is 6.10. The normalized spacial score (nSPS) is 11.1.